The van der Waals surface area contributed by atoms with Crippen molar-refractivity contribution < 1.29 is 9.59 Å². The highest BCUT2D eigenvalue weighted by Gasteiger charge is 2.34. The molecule has 2 bridgehead atoms. The fraction of sp³-hybridized carbons (Fsp3) is 0.529. The predicted octanol–water partition coefficient (Wildman–Crippen LogP) is 2.59. The molecule has 23 heavy (non-hydrogen) atoms. The van der Waals surface area contributed by atoms with Gasteiger partial charge in [-0.3, -0.25) is 9.59 Å². The topological polar surface area (TPSA) is 70.2 Å². The zero-order valence-electron chi connectivity index (χ0n) is 12.9. The highest BCUT2D eigenvalue weighted by Crippen LogP contribution is 2.34. The largest absolute Gasteiger partial charge is 0.326 e. The van der Waals surface area contributed by atoms with Gasteiger partial charge in [-0.05, 0) is 49.8 Å². The standard InChI is InChI=1S/C17H21N3O2S/c21-16(7-10-5-11-1-2-12(6-10)18-11)19-13-3-4-15-14(8-13)20-17(22)9-23-15/h3-4,8,10-12,18H,1-2,5-7,9H2,(H,19,21)(H,20,22). The normalized spacial score (nSPS) is 28.9. The quantitative estimate of drug-likeness (QED) is 0.796. The zero-order chi connectivity index (χ0) is 15.8. The van der Waals surface area contributed by atoms with Crippen LogP contribution in [0.3, 0.4) is 0 Å². The van der Waals surface area contributed by atoms with Gasteiger partial charge in [-0.1, -0.05) is 0 Å². The molecule has 0 radical (unpaired) electrons. The van der Waals surface area contributed by atoms with Gasteiger partial charge in [0.05, 0.1) is 11.4 Å². The molecule has 3 aliphatic rings. The Labute approximate surface area is 140 Å². The van der Waals surface area contributed by atoms with Gasteiger partial charge in [0.25, 0.3) is 0 Å². The third-order valence-corrected chi connectivity index (χ3v) is 6.01. The van der Waals surface area contributed by atoms with Gasteiger partial charge in [0.1, 0.15) is 0 Å². The third-order valence-electron chi connectivity index (χ3n) is 4.94. The molecule has 2 saturated heterocycles. The number of carbonyl (C=O) groups excluding carboxylic acids is 2. The Morgan fingerprint density at radius 3 is 2.83 bits per heavy atom. The van der Waals surface area contributed by atoms with Crippen molar-refractivity contribution in [2.45, 2.75) is 49.1 Å². The minimum atomic E-state index is 0.0103. The number of fused-ring (bicyclic) bond motifs is 3. The van der Waals surface area contributed by atoms with Crippen molar-refractivity contribution in [2.24, 2.45) is 5.92 Å². The van der Waals surface area contributed by atoms with E-state index < -0.39 is 0 Å². The van der Waals surface area contributed by atoms with Gasteiger partial charge in [0.15, 0.2) is 0 Å². The van der Waals surface area contributed by atoms with Crippen LogP contribution in [0.15, 0.2) is 23.1 Å². The lowest BCUT2D eigenvalue weighted by Gasteiger charge is -2.28. The van der Waals surface area contributed by atoms with Crippen LogP contribution in [-0.4, -0.2) is 29.7 Å². The van der Waals surface area contributed by atoms with Gasteiger partial charge in [0, 0.05) is 29.1 Å². The Balaban J connectivity index is 1.37. The lowest BCUT2D eigenvalue weighted by molar-refractivity contribution is -0.117. The first kappa shape index (κ1) is 15.0. The molecule has 5 nitrogen and oxygen atoms in total. The van der Waals surface area contributed by atoms with Crippen molar-refractivity contribution in [3.8, 4) is 0 Å². The third kappa shape index (κ3) is 3.38. The number of benzene rings is 1. The first-order valence-corrected chi connectivity index (χ1v) is 9.27. The second kappa shape index (κ2) is 6.17. The van der Waals surface area contributed by atoms with Crippen LogP contribution in [0.4, 0.5) is 11.4 Å². The monoisotopic (exact) mass is 331 g/mol. The van der Waals surface area contributed by atoms with Crippen LogP contribution in [-0.2, 0) is 9.59 Å². The number of nitrogens with one attached hydrogen (secondary N) is 3. The maximum Gasteiger partial charge on any atom is 0.234 e. The van der Waals surface area contributed by atoms with Crippen LogP contribution in [0.5, 0.6) is 0 Å². The second-order valence-electron chi connectivity index (χ2n) is 6.78. The fourth-order valence-electron chi connectivity index (χ4n) is 3.98. The number of rotatable bonds is 3. The van der Waals surface area contributed by atoms with Gasteiger partial charge >= 0.3 is 0 Å². The molecule has 3 aliphatic heterocycles. The van der Waals surface area contributed by atoms with Crippen molar-refractivity contribution in [3.63, 3.8) is 0 Å². The Hall–Kier alpha value is -1.53. The summed E-state index contributed by atoms with van der Waals surface area (Å²) in [6.45, 7) is 0. The minimum absolute atomic E-state index is 0.0103. The molecule has 1 aromatic rings. The van der Waals surface area contributed by atoms with Gasteiger partial charge in [-0.15, -0.1) is 11.8 Å². The first-order chi connectivity index (χ1) is 11.2. The molecule has 2 fully saturated rings. The lowest BCUT2D eigenvalue weighted by atomic mass is 9.89. The first-order valence-electron chi connectivity index (χ1n) is 8.28. The molecule has 1 aromatic carbocycles. The fourth-order valence-corrected chi connectivity index (χ4v) is 4.77. The van der Waals surface area contributed by atoms with E-state index in [-0.39, 0.29) is 11.8 Å². The number of amides is 2. The van der Waals surface area contributed by atoms with E-state index in [0.29, 0.717) is 30.2 Å². The lowest BCUT2D eigenvalue weighted by Crippen LogP contribution is -2.39. The van der Waals surface area contributed by atoms with E-state index in [1.54, 1.807) is 0 Å². The number of piperidine rings is 1. The molecule has 0 aromatic heterocycles. The number of anilines is 2. The molecular formula is C17H21N3O2S. The molecule has 0 spiro atoms. The number of thioether (sulfide) groups is 1. The second-order valence-corrected chi connectivity index (χ2v) is 7.79. The summed E-state index contributed by atoms with van der Waals surface area (Å²) in [6.07, 6.45) is 5.32. The highest BCUT2D eigenvalue weighted by molar-refractivity contribution is 8.00. The van der Waals surface area contributed by atoms with Gasteiger partial charge < -0.3 is 16.0 Å². The van der Waals surface area contributed by atoms with E-state index in [1.807, 2.05) is 18.2 Å². The van der Waals surface area contributed by atoms with Crippen molar-refractivity contribution in [1.29, 1.82) is 0 Å². The average molecular weight is 331 g/mol. The van der Waals surface area contributed by atoms with E-state index >= 15 is 0 Å². The molecule has 0 saturated carbocycles. The van der Waals surface area contributed by atoms with E-state index in [1.165, 1.54) is 24.6 Å². The Morgan fingerprint density at radius 1 is 1.26 bits per heavy atom. The number of hydrogen-bond acceptors (Lipinski definition) is 4. The van der Waals surface area contributed by atoms with Crippen molar-refractivity contribution in [2.75, 3.05) is 16.4 Å². The summed E-state index contributed by atoms with van der Waals surface area (Å²) >= 11 is 1.53. The van der Waals surface area contributed by atoms with Gasteiger partial charge in [-0.2, -0.15) is 0 Å². The summed E-state index contributed by atoms with van der Waals surface area (Å²) in [7, 11) is 0. The number of hydrogen-bond donors (Lipinski definition) is 3. The molecule has 0 aliphatic carbocycles. The van der Waals surface area contributed by atoms with E-state index in [2.05, 4.69) is 16.0 Å². The molecular weight excluding hydrogens is 310 g/mol. The minimum Gasteiger partial charge on any atom is -0.326 e. The molecule has 6 heteroatoms. The summed E-state index contributed by atoms with van der Waals surface area (Å²) in [5.74, 6) is 1.03. The van der Waals surface area contributed by atoms with Crippen molar-refractivity contribution >= 4 is 35.0 Å². The smallest absolute Gasteiger partial charge is 0.234 e. The summed E-state index contributed by atoms with van der Waals surface area (Å²) < 4.78 is 0. The van der Waals surface area contributed by atoms with E-state index in [4.69, 9.17) is 0 Å². The van der Waals surface area contributed by atoms with Crippen LogP contribution >= 0.6 is 11.8 Å². The molecule has 122 valence electrons. The average Bonchev–Trinajstić information content (AvgIpc) is 2.85. The van der Waals surface area contributed by atoms with Crippen molar-refractivity contribution in [1.82, 2.24) is 5.32 Å². The van der Waals surface area contributed by atoms with Crippen LogP contribution < -0.4 is 16.0 Å². The Bertz CT molecular complexity index is 637. The number of carbonyl (C=O) groups is 2. The molecule has 2 atom stereocenters. The van der Waals surface area contributed by atoms with Crippen LogP contribution in [0.25, 0.3) is 0 Å². The van der Waals surface area contributed by atoms with Crippen LogP contribution in [0, 0.1) is 5.92 Å². The maximum atomic E-state index is 12.3. The van der Waals surface area contributed by atoms with Gasteiger partial charge in [-0.25, -0.2) is 0 Å². The Morgan fingerprint density at radius 2 is 2.04 bits per heavy atom. The SMILES string of the molecule is O=C(CC1CC2CCC(C1)N2)Nc1ccc2c(c1)NC(=O)CS2. The summed E-state index contributed by atoms with van der Waals surface area (Å²) in [5.41, 5.74) is 1.55. The predicted molar refractivity (Wildman–Crippen MR) is 91.7 cm³/mol. The molecule has 3 heterocycles. The summed E-state index contributed by atoms with van der Waals surface area (Å²) in [5, 5.41) is 9.45. The summed E-state index contributed by atoms with van der Waals surface area (Å²) in [6, 6.07) is 6.95. The van der Waals surface area contributed by atoms with Crippen LogP contribution in [0.1, 0.15) is 32.1 Å². The highest BCUT2D eigenvalue weighted by atomic mass is 32.2. The molecule has 2 unspecified atom stereocenters. The van der Waals surface area contributed by atoms with E-state index in [9.17, 15) is 9.59 Å². The molecule has 3 N–H and O–H groups in total. The van der Waals surface area contributed by atoms with Crippen molar-refractivity contribution in [3.05, 3.63) is 18.2 Å². The van der Waals surface area contributed by atoms with E-state index in [0.717, 1.165) is 29.1 Å². The molecule has 4 rings (SSSR count). The zero-order valence-corrected chi connectivity index (χ0v) is 13.7. The van der Waals surface area contributed by atoms with Crippen LogP contribution in [0.2, 0.25) is 0 Å². The maximum absolute atomic E-state index is 12.3. The summed E-state index contributed by atoms with van der Waals surface area (Å²) in [4.78, 5) is 24.8. The Kier molecular flexibility index (Phi) is 4.03. The molecule has 2 amide bonds. The van der Waals surface area contributed by atoms with Gasteiger partial charge in [0.2, 0.25) is 11.8 Å².